The van der Waals surface area contributed by atoms with Gasteiger partial charge in [-0.2, -0.15) is 0 Å². The van der Waals surface area contributed by atoms with Crippen molar-refractivity contribution < 1.29 is 33.9 Å². The van der Waals surface area contributed by atoms with Crippen LogP contribution in [0.1, 0.15) is 59.3 Å². The van der Waals surface area contributed by atoms with Crippen LogP contribution in [0, 0.1) is 0 Å². The van der Waals surface area contributed by atoms with E-state index >= 15 is 0 Å². The van der Waals surface area contributed by atoms with Crippen LogP contribution in [0.3, 0.4) is 0 Å². The van der Waals surface area contributed by atoms with E-state index in [-0.39, 0.29) is 18.6 Å². The molecule has 4 heteroatoms. The van der Waals surface area contributed by atoms with Gasteiger partial charge in [0.2, 0.25) is 0 Å². The first-order valence-electron chi connectivity index (χ1n) is 6.07. The van der Waals surface area contributed by atoms with Gasteiger partial charge in [0.15, 0.2) is 0 Å². The molecular weight excluding hydrogens is 243 g/mol. The SMILES string of the molecule is CCCCO.CCCCO.CCCCO.[V]. The Morgan fingerprint density at radius 3 is 0.750 bits per heavy atom. The van der Waals surface area contributed by atoms with Crippen LogP contribution in [-0.4, -0.2) is 35.1 Å². The maximum absolute atomic E-state index is 8.07. The quantitative estimate of drug-likeness (QED) is 0.696. The molecule has 0 aromatic rings. The number of aliphatic hydroxyl groups excluding tert-OH is 3. The number of hydrogen-bond acceptors (Lipinski definition) is 3. The normalized spacial score (nSPS) is 7.88. The zero-order chi connectivity index (χ0) is 12.4. The van der Waals surface area contributed by atoms with Crippen molar-refractivity contribution in [2.75, 3.05) is 19.8 Å². The summed E-state index contributed by atoms with van der Waals surface area (Å²) in [6, 6.07) is 0. The van der Waals surface area contributed by atoms with Crippen molar-refractivity contribution in [3.63, 3.8) is 0 Å². The summed E-state index contributed by atoms with van der Waals surface area (Å²) in [7, 11) is 0. The molecule has 3 N–H and O–H groups in total. The third-order valence-electron chi connectivity index (χ3n) is 1.54. The van der Waals surface area contributed by atoms with Gasteiger partial charge in [-0.05, 0) is 19.3 Å². The molecule has 101 valence electrons. The minimum atomic E-state index is 0. The Balaban J connectivity index is -0.0000000655. The molecule has 16 heavy (non-hydrogen) atoms. The molecule has 0 bridgehead atoms. The monoisotopic (exact) mass is 273 g/mol. The molecular formula is C12H30O3V. The van der Waals surface area contributed by atoms with Gasteiger partial charge in [-0.25, -0.2) is 0 Å². The Kier molecular flexibility index (Phi) is 57.2. The Bertz CT molecular complexity index is 53.0. The predicted octanol–water partition coefficient (Wildman–Crippen LogP) is 2.33. The Morgan fingerprint density at radius 1 is 0.562 bits per heavy atom. The van der Waals surface area contributed by atoms with Crippen LogP contribution < -0.4 is 0 Å². The zero-order valence-electron chi connectivity index (χ0n) is 11.2. The second kappa shape index (κ2) is 36.1. The molecule has 0 aromatic carbocycles. The number of rotatable bonds is 6. The minimum Gasteiger partial charge on any atom is -0.396 e. The molecule has 0 rings (SSSR count). The van der Waals surface area contributed by atoms with E-state index in [9.17, 15) is 0 Å². The van der Waals surface area contributed by atoms with Gasteiger partial charge in [0.25, 0.3) is 0 Å². The number of unbranched alkanes of at least 4 members (excludes halogenated alkanes) is 3. The molecule has 0 amide bonds. The summed E-state index contributed by atoms with van der Waals surface area (Å²) in [5, 5.41) is 24.2. The van der Waals surface area contributed by atoms with Crippen molar-refractivity contribution in [3.8, 4) is 0 Å². The minimum absolute atomic E-state index is 0. The van der Waals surface area contributed by atoms with Gasteiger partial charge in [0.05, 0.1) is 0 Å². The zero-order valence-corrected chi connectivity index (χ0v) is 12.5. The van der Waals surface area contributed by atoms with Gasteiger partial charge >= 0.3 is 0 Å². The standard InChI is InChI=1S/3C4H10O.V/c3*1-2-3-4-5;/h3*5H,2-4H2,1H3;. The third-order valence-corrected chi connectivity index (χ3v) is 1.54. The second-order valence-electron chi connectivity index (χ2n) is 3.23. The molecule has 0 atom stereocenters. The van der Waals surface area contributed by atoms with Crippen molar-refractivity contribution in [1.29, 1.82) is 0 Å². The summed E-state index contributed by atoms with van der Waals surface area (Å²) >= 11 is 0. The molecule has 0 aliphatic carbocycles. The van der Waals surface area contributed by atoms with Crippen molar-refractivity contribution in [2.45, 2.75) is 59.3 Å². The largest absolute Gasteiger partial charge is 0.396 e. The van der Waals surface area contributed by atoms with Crippen LogP contribution in [0.15, 0.2) is 0 Å². The maximum atomic E-state index is 8.07. The summed E-state index contributed by atoms with van der Waals surface area (Å²) in [4.78, 5) is 0. The van der Waals surface area contributed by atoms with Crippen molar-refractivity contribution >= 4 is 0 Å². The summed E-state index contributed by atoms with van der Waals surface area (Å²) in [6.45, 7) is 7.19. The Labute approximate surface area is 113 Å². The molecule has 0 saturated carbocycles. The van der Waals surface area contributed by atoms with E-state index in [0.29, 0.717) is 19.8 Å². The molecule has 1 radical (unpaired) electrons. The Hall–Kier alpha value is 0.464. The van der Waals surface area contributed by atoms with Crippen LogP contribution in [0.5, 0.6) is 0 Å². The van der Waals surface area contributed by atoms with E-state index in [0.717, 1.165) is 38.5 Å². The van der Waals surface area contributed by atoms with E-state index in [1.807, 2.05) is 0 Å². The van der Waals surface area contributed by atoms with Crippen LogP contribution in [-0.2, 0) is 18.6 Å². The van der Waals surface area contributed by atoms with Gasteiger partial charge in [-0.15, -0.1) is 0 Å². The summed E-state index contributed by atoms with van der Waals surface area (Å²) < 4.78 is 0. The molecule has 0 heterocycles. The van der Waals surface area contributed by atoms with Crippen LogP contribution in [0.4, 0.5) is 0 Å². The van der Waals surface area contributed by atoms with Crippen LogP contribution >= 0.6 is 0 Å². The smallest absolute Gasteiger partial charge is 0.0430 e. The summed E-state index contributed by atoms with van der Waals surface area (Å²) in [5.74, 6) is 0. The number of hydrogen-bond donors (Lipinski definition) is 3. The van der Waals surface area contributed by atoms with Crippen molar-refractivity contribution in [2.24, 2.45) is 0 Å². The Morgan fingerprint density at radius 2 is 0.750 bits per heavy atom. The van der Waals surface area contributed by atoms with Gasteiger partial charge < -0.3 is 15.3 Å². The maximum Gasteiger partial charge on any atom is 0.0430 e. The predicted molar refractivity (Wildman–Crippen MR) is 66.0 cm³/mol. The molecule has 3 nitrogen and oxygen atoms in total. The van der Waals surface area contributed by atoms with E-state index < -0.39 is 0 Å². The van der Waals surface area contributed by atoms with E-state index in [2.05, 4.69) is 20.8 Å². The van der Waals surface area contributed by atoms with E-state index in [4.69, 9.17) is 15.3 Å². The summed E-state index contributed by atoms with van der Waals surface area (Å²) in [5.41, 5.74) is 0. The van der Waals surface area contributed by atoms with Crippen LogP contribution in [0.2, 0.25) is 0 Å². The first-order valence-corrected chi connectivity index (χ1v) is 6.07. The first kappa shape index (κ1) is 25.3. The molecule has 0 aliphatic rings. The second-order valence-corrected chi connectivity index (χ2v) is 3.23. The fourth-order valence-electron chi connectivity index (χ4n) is 0.474. The van der Waals surface area contributed by atoms with E-state index in [1.165, 1.54) is 0 Å². The number of aliphatic hydroxyl groups is 3. The third kappa shape index (κ3) is 62.8. The van der Waals surface area contributed by atoms with Gasteiger partial charge in [0.1, 0.15) is 0 Å². The fraction of sp³-hybridized carbons (Fsp3) is 1.00. The molecule has 0 aliphatic heterocycles. The molecule has 0 spiro atoms. The summed E-state index contributed by atoms with van der Waals surface area (Å²) in [6.07, 6.45) is 6.11. The average Bonchev–Trinajstić information content (AvgIpc) is 2.23. The molecule has 0 fully saturated rings. The van der Waals surface area contributed by atoms with E-state index in [1.54, 1.807) is 0 Å². The molecule has 0 unspecified atom stereocenters. The topological polar surface area (TPSA) is 60.7 Å². The van der Waals surface area contributed by atoms with Gasteiger partial charge in [0, 0.05) is 38.4 Å². The van der Waals surface area contributed by atoms with Gasteiger partial charge in [-0.3, -0.25) is 0 Å². The molecule has 0 saturated heterocycles. The fourth-order valence-corrected chi connectivity index (χ4v) is 0.474. The average molecular weight is 273 g/mol. The first-order chi connectivity index (χ1) is 7.24. The van der Waals surface area contributed by atoms with Crippen molar-refractivity contribution in [3.05, 3.63) is 0 Å². The van der Waals surface area contributed by atoms with Gasteiger partial charge in [-0.1, -0.05) is 40.0 Å². The van der Waals surface area contributed by atoms with Crippen LogP contribution in [0.25, 0.3) is 0 Å². The molecule has 0 aromatic heterocycles. The van der Waals surface area contributed by atoms with Crippen molar-refractivity contribution in [1.82, 2.24) is 0 Å².